The summed E-state index contributed by atoms with van der Waals surface area (Å²) in [6.07, 6.45) is 0. The van der Waals surface area contributed by atoms with Crippen molar-refractivity contribution in [3.8, 4) is 23.5 Å². The summed E-state index contributed by atoms with van der Waals surface area (Å²) in [6, 6.07) is 49.8. The summed E-state index contributed by atoms with van der Waals surface area (Å²) in [6.45, 7) is 0. The van der Waals surface area contributed by atoms with Crippen molar-refractivity contribution in [2.75, 3.05) is 0 Å². The zero-order chi connectivity index (χ0) is 33.1. The molecule has 0 atom stereocenters. The Morgan fingerprint density at radius 3 is 1.46 bits per heavy atom. The van der Waals surface area contributed by atoms with E-state index in [0.717, 1.165) is 98.9 Å². The molecular weight excluding hydrogens is 617 g/mol. The molecule has 0 N–H and O–H groups in total. The number of rotatable bonds is 2. The second-order valence-corrected chi connectivity index (χ2v) is 12.8. The van der Waals surface area contributed by atoms with E-state index in [1.54, 1.807) is 6.07 Å². The average Bonchev–Trinajstić information content (AvgIpc) is 3.90. The van der Waals surface area contributed by atoms with E-state index < -0.39 is 0 Å². The summed E-state index contributed by atoms with van der Waals surface area (Å²) in [5, 5.41) is 27.5. The number of para-hydroxylation sites is 2. The van der Waals surface area contributed by atoms with Crippen LogP contribution in [0.4, 0.5) is 0 Å². The predicted octanol–water partition coefficient (Wildman–Crippen LogP) is 11.4. The summed E-state index contributed by atoms with van der Waals surface area (Å²) in [7, 11) is 0. The number of nitriles is 2. The number of benzene rings is 7. The lowest BCUT2D eigenvalue weighted by atomic mass is 10.1. The Hall–Kier alpha value is -7.28. The lowest BCUT2D eigenvalue weighted by Crippen LogP contribution is -1.94. The van der Waals surface area contributed by atoms with Gasteiger partial charge in [-0.15, -0.1) is 0 Å². The van der Waals surface area contributed by atoms with Gasteiger partial charge in [0, 0.05) is 60.5 Å². The Morgan fingerprint density at radius 1 is 0.360 bits per heavy atom. The molecule has 0 amide bonds. The molecule has 6 nitrogen and oxygen atoms in total. The maximum absolute atomic E-state index is 9.61. The minimum atomic E-state index is 0.609. The van der Waals surface area contributed by atoms with Crippen LogP contribution < -0.4 is 0 Å². The fourth-order valence-electron chi connectivity index (χ4n) is 7.94. The van der Waals surface area contributed by atoms with E-state index in [1.807, 2.05) is 42.5 Å². The molecule has 0 spiro atoms. The monoisotopic (exact) mass is 638 g/mol. The van der Waals surface area contributed by atoms with E-state index in [4.69, 9.17) is 8.83 Å². The summed E-state index contributed by atoms with van der Waals surface area (Å²) < 4.78 is 17.3. The quantitative estimate of drug-likeness (QED) is 0.189. The molecule has 11 aromatic rings. The molecule has 4 aromatic heterocycles. The first kappa shape index (κ1) is 26.8. The summed E-state index contributed by atoms with van der Waals surface area (Å²) in [5.41, 5.74) is 10.7. The molecule has 0 saturated carbocycles. The van der Waals surface area contributed by atoms with Gasteiger partial charge in [0.2, 0.25) is 0 Å². The number of aromatic nitrogens is 2. The van der Waals surface area contributed by atoms with Gasteiger partial charge < -0.3 is 18.0 Å². The van der Waals surface area contributed by atoms with Crippen molar-refractivity contribution in [3.05, 3.63) is 145 Å². The molecule has 50 heavy (non-hydrogen) atoms. The van der Waals surface area contributed by atoms with E-state index in [2.05, 4.69) is 106 Å². The highest BCUT2D eigenvalue weighted by atomic mass is 16.3. The number of hydrogen-bond donors (Lipinski definition) is 0. The number of furan rings is 2. The van der Waals surface area contributed by atoms with E-state index in [1.165, 1.54) is 0 Å². The van der Waals surface area contributed by atoms with Gasteiger partial charge >= 0.3 is 0 Å². The van der Waals surface area contributed by atoms with Crippen molar-refractivity contribution in [1.29, 1.82) is 10.5 Å². The fraction of sp³-hybridized carbons (Fsp3) is 0. The van der Waals surface area contributed by atoms with Crippen LogP contribution in [-0.4, -0.2) is 9.13 Å². The molecule has 0 aliphatic carbocycles. The zero-order valence-corrected chi connectivity index (χ0v) is 26.3. The summed E-state index contributed by atoms with van der Waals surface area (Å²) >= 11 is 0. The molecule has 7 aromatic carbocycles. The zero-order valence-electron chi connectivity index (χ0n) is 26.3. The van der Waals surface area contributed by atoms with Crippen LogP contribution in [0.3, 0.4) is 0 Å². The van der Waals surface area contributed by atoms with Gasteiger partial charge in [-0.05, 0) is 91.0 Å². The average molecular weight is 639 g/mol. The van der Waals surface area contributed by atoms with Crippen molar-refractivity contribution < 1.29 is 8.83 Å². The second-order valence-electron chi connectivity index (χ2n) is 12.8. The van der Waals surface area contributed by atoms with Crippen LogP contribution >= 0.6 is 0 Å². The first-order valence-electron chi connectivity index (χ1n) is 16.4. The molecule has 0 unspecified atom stereocenters. The second kappa shape index (κ2) is 9.64. The molecule has 0 fully saturated rings. The highest BCUT2D eigenvalue weighted by molar-refractivity contribution is 6.18. The van der Waals surface area contributed by atoms with Crippen LogP contribution in [0, 0.1) is 22.7 Å². The fourth-order valence-corrected chi connectivity index (χ4v) is 7.94. The molecule has 0 radical (unpaired) electrons. The highest BCUT2D eigenvalue weighted by Crippen LogP contribution is 2.41. The Kier molecular flexibility index (Phi) is 5.16. The largest absolute Gasteiger partial charge is 0.456 e. The van der Waals surface area contributed by atoms with Gasteiger partial charge in [-0.25, -0.2) is 0 Å². The van der Waals surface area contributed by atoms with Gasteiger partial charge in [-0.1, -0.05) is 36.4 Å². The van der Waals surface area contributed by atoms with Crippen LogP contribution in [0.15, 0.2) is 142 Å². The normalized spacial score (nSPS) is 12.0. The van der Waals surface area contributed by atoms with Crippen molar-refractivity contribution in [1.82, 2.24) is 9.13 Å². The molecule has 4 heterocycles. The molecule has 11 rings (SSSR count). The predicted molar refractivity (Wildman–Crippen MR) is 199 cm³/mol. The van der Waals surface area contributed by atoms with Crippen LogP contribution in [0.5, 0.6) is 0 Å². The van der Waals surface area contributed by atoms with Crippen LogP contribution in [0.2, 0.25) is 0 Å². The Bertz CT molecular complexity index is 3360. The van der Waals surface area contributed by atoms with Crippen molar-refractivity contribution in [2.24, 2.45) is 0 Å². The van der Waals surface area contributed by atoms with Gasteiger partial charge in [0.05, 0.1) is 45.3 Å². The molecule has 0 aliphatic rings. The lowest BCUT2D eigenvalue weighted by molar-refractivity contribution is 0.668. The Balaban J connectivity index is 1.16. The molecule has 6 heteroatoms. The third-order valence-corrected chi connectivity index (χ3v) is 10.1. The van der Waals surface area contributed by atoms with Gasteiger partial charge in [-0.3, -0.25) is 0 Å². The highest BCUT2D eigenvalue weighted by Gasteiger charge is 2.19. The lowest BCUT2D eigenvalue weighted by Gasteiger charge is -2.09. The van der Waals surface area contributed by atoms with E-state index in [-0.39, 0.29) is 0 Å². The first-order chi connectivity index (χ1) is 24.7. The topological polar surface area (TPSA) is 83.7 Å². The van der Waals surface area contributed by atoms with Crippen LogP contribution in [0.25, 0.3) is 98.9 Å². The maximum Gasteiger partial charge on any atom is 0.137 e. The minimum absolute atomic E-state index is 0.609. The Morgan fingerprint density at radius 2 is 0.820 bits per heavy atom. The van der Waals surface area contributed by atoms with Gasteiger partial charge in [0.25, 0.3) is 0 Å². The molecular formula is C44H22N4O2. The van der Waals surface area contributed by atoms with Crippen molar-refractivity contribution >= 4 is 87.5 Å². The van der Waals surface area contributed by atoms with Gasteiger partial charge in [0.15, 0.2) is 0 Å². The molecule has 0 saturated heterocycles. The van der Waals surface area contributed by atoms with Crippen LogP contribution in [0.1, 0.15) is 11.1 Å². The summed E-state index contributed by atoms with van der Waals surface area (Å²) in [4.78, 5) is 0. The minimum Gasteiger partial charge on any atom is -0.456 e. The molecule has 0 aliphatic heterocycles. The van der Waals surface area contributed by atoms with Gasteiger partial charge in [-0.2, -0.15) is 10.5 Å². The summed E-state index contributed by atoms with van der Waals surface area (Å²) in [5.74, 6) is 0. The SMILES string of the molecule is N#Cc1ccc2oc3cc4c(cc3c2c1)c1ccccc1n4-c1ccc2oc3ccc(-n4c5ccccc5c5cc(C#N)ccc54)cc3c2c1. The van der Waals surface area contributed by atoms with Crippen LogP contribution in [-0.2, 0) is 0 Å². The molecule has 230 valence electrons. The standard InChI is InChI=1S/C44H22N4O2/c45-23-25-9-13-39-31(17-25)29-5-1-3-7-37(29)47(39)27-11-15-42-34(19-27)35-20-28(12-16-43(35)49-42)48-38-8-4-2-6-30(38)32-21-36-33-18-26(24-46)10-14-41(33)50-44(36)22-40(32)48/h1-22H. The van der Waals surface area contributed by atoms with E-state index >= 15 is 0 Å². The molecule has 0 bridgehead atoms. The number of fused-ring (bicyclic) bond motifs is 12. The maximum atomic E-state index is 9.61. The van der Waals surface area contributed by atoms with Crippen molar-refractivity contribution in [3.63, 3.8) is 0 Å². The third kappa shape index (κ3) is 3.54. The number of hydrogen-bond acceptors (Lipinski definition) is 4. The first-order valence-corrected chi connectivity index (χ1v) is 16.4. The smallest absolute Gasteiger partial charge is 0.137 e. The van der Waals surface area contributed by atoms with E-state index in [0.29, 0.717) is 11.1 Å². The Labute approximate surface area is 283 Å². The van der Waals surface area contributed by atoms with Crippen molar-refractivity contribution in [2.45, 2.75) is 0 Å². The third-order valence-electron chi connectivity index (χ3n) is 10.1. The van der Waals surface area contributed by atoms with Gasteiger partial charge in [0.1, 0.15) is 22.3 Å². The van der Waals surface area contributed by atoms with E-state index in [9.17, 15) is 10.5 Å². The number of nitrogens with zero attached hydrogens (tertiary/aromatic N) is 4.